The second-order valence-corrected chi connectivity index (χ2v) is 5.95. The van der Waals surface area contributed by atoms with Gasteiger partial charge in [0, 0.05) is 6.04 Å². The van der Waals surface area contributed by atoms with Gasteiger partial charge in [0.05, 0.1) is 0 Å². The molecule has 0 bridgehead atoms. The fourth-order valence-corrected chi connectivity index (χ4v) is 2.66. The molecule has 0 heterocycles. The molecule has 0 spiro atoms. The van der Waals surface area contributed by atoms with E-state index in [1.54, 1.807) is 0 Å². The van der Waals surface area contributed by atoms with Gasteiger partial charge in [-0.2, -0.15) is 0 Å². The zero-order valence-corrected chi connectivity index (χ0v) is 13.5. The average molecular weight is 281 g/mol. The quantitative estimate of drug-likeness (QED) is 0.755. The smallest absolute Gasteiger partial charge is 0.0323 e. The minimum Gasteiger partial charge on any atom is -0.310 e. The first-order chi connectivity index (χ1) is 10.2. The Morgan fingerprint density at radius 2 is 1.71 bits per heavy atom. The van der Waals surface area contributed by atoms with Crippen LogP contribution in [0.5, 0.6) is 0 Å². The van der Waals surface area contributed by atoms with Crippen molar-refractivity contribution in [2.24, 2.45) is 0 Å². The molecular weight excluding hydrogens is 254 g/mol. The molecule has 112 valence electrons. The van der Waals surface area contributed by atoms with Gasteiger partial charge in [0.1, 0.15) is 0 Å². The van der Waals surface area contributed by atoms with Gasteiger partial charge in [-0.25, -0.2) is 0 Å². The lowest BCUT2D eigenvalue weighted by atomic mass is 9.97. The molecule has 1 N–H and O–H groups in total. The summed E-state index contributed by atoms with van der Waals surface area (Å²) in [4.78, 5) is 0. The maximum absolute atomic E-state index is 3.69. The summed E-state index contributed by atoms with van der Waals surface area (Å²) in [6.07, 6.45) is 3.44. The van der Waals surface area contributed by atoms with Crippen LogP contribution in [0.25, 0.3) is 0 Å². The second-order valence-electron chi connectivity index (χ2n) is 5.95. The number of aryl methyl sites for hydroxylation is 3. The van der Waals surface area contributed by atoms with Crippen LogP contribution in [0.4, 0.5) is 0 Å². The summed E-state index contributed by atoms with van der Waals surface area (Å²) in [5.74, 6) is 0. The van der Waals surface area contributed by atoms with Crippen molar-refractivity contribution in [2.75, 3.05) is 6.54 Å². The molecule has 1 heteroatoms. The van der Waals surface area contributed by atoms with Crippen LogP contribution in [0, 0.1) is 13.8 Å². The Morgan fingerprint density at radius 1 is 0.952 bits per heavy atom. The molecule has 1 atom stereocenters. The second kappa shape index (κ2) is 7.99. The Labute approximate surface area is 129 Å². The van der Waals surface area contributed by atoms with E-state index in [0.717, 1.165) is 19.4 Å². The van der Waals surface area contributed by atoms with E-state index in [-0.39, 0.29) is 0 Å². The highest BCUT2D eigenvalue weighted by Gasteiger charge is 2.10. The van der Waals surface area contributed by atoms with Crippen LogP contribution in [-0.4, -0.2) is 6.54 Å². The van der Waals surface area contributed by atoms with Crippen molar-refractivity contribution in [2.45, 2.75) is 46.1 Å². The number of hydrogen-bond donors (Lipinski definition) is 1. The first kappa shape index (κ1) is 15.8. The van der Waals surface area contributed by atoms with Crippen LogP contribution in [-0.2, 0) is 6.42 Å². The van der Waals surface area contributed by atoms with Crippen molar-refractivity contribution in [3.05, 3.63) is 70.8 Å². The number of nitrogens with one attached hydrogen (secondary N) is 1. The molecule has 0 radical (unpaired) electrons. The van der Waals surface area contributed by atoms with Crippen LogP contribution in [0.2, 0.25) is 0 Å². The van der Waals surface area contributed by atoms with E-state index in [0.29, 0.717) is 6.04 Å². The van der Waals surface area contributed by atoms with E-state index in [9.17, 15) is 0 Å². The third kappa shape index (κ3) is 5.02. The van der Waals surface area contributed by atoms with Crippen molar-refractivity contribution in [1.29, 1.82) is 0 Å². The van der Waals surface area contributed by atoms with E-state index in [1.807, 2.05) is 0 Å². The van der Waals surface area contributed by atoms with Crippen LogP contribution < -0.4 is 5.32 Å². The van der Waals surface area contributed by atoms with Crippen molar-refractivity contribution in [3.8, 4) is 0 Å². The fraction of sp³-hybridized carbons (Fsp3) is 0.400. The summed E-state index contributed by atoms with van der Waals surface area (Å²) in [7, 11) is 0. The highest BCUT2D eigenvalue weighted by molar-refractivity contribution is 5.26. The van der Waals surface area contributed by atoms with Crippen LogP contribution in [0.15, 0.2) is 48.5 Å². The van der Waals surface area contributed by atoms with Gasteiger partial charge in [0.15, 0.2) is 0 Å². The molecule has 1 unspecified atom stereocenters. The molecule has 0 aliphatic rings. The average Bonchev–Trinajstić information content (AvgIpc) is 2.49. The zero-order valence-electron chi connectivity index (χ0n) is 13.5. The Morgan fingerprint density at radius 3 is 2.38 bits per heavy atom. The Kier molecular flexibility index (Phi) is 6.01. The van der Waals surface area contributed by atoms with Crippen LogP contribution in [0.1, 0.15) is 48.1 Å². The van der Waals surface area contributed by atoms with Gasteiger partial charge in [-0.15, -0.1) is 0 Å². The maximum atomic E-state index is 3.69. The summed E-state index contributed by atoms with van der Waals surface area (Å²) in [5.41, 5.74) is 5.51. The molecule has 1 nitrogen and oxygen atoms in total. The molecule has 2 rings (SSSR count). The maximum Gasteiger partial charge on any atom is 0.0323 e. The standard InChI is InChI=1S/C20H27N/c1-4-14-21-20(19-7-5-6-17(3)15-19)13-12-18-10-8-16(2)9-11-18/h5-11,15,20-21H,4,12-14H2,1-3H3. The Hall–Kier alpha value is -1.60. The van der Waals surface area contributed by atoms with Crippen molar-refractivity contribution in [1.82, 2.24) is 5.32 Å². The molecule has 2 aromatic rings. The summed E-state index contributed by atoms with van der Waals surface area (Å²) in [6.45, 7) is 7.61. The third-order valence-electron chi connectivity index (χ3n) is 3.93. The van der Waals surface area contributed by atoms with E-state index >= 15 is 0 Å². The molecular formula is C20H27N. The first-order valence-electron chi connectivity index (χ1n) is 8.04. The Balaban J connectivity index is 2.04. The van der Waals surface area contributed by atoms with Gasteiger partial charge < -0.3 is 5.32 Å². The Bertz CT molecular complexity index is 542. The topological polar surface area (TPSA) is 12.0 Å². The van der Waals surface area contributed by atoms with E-state index in [4.69, 9.17) is 0 Å². The van der Waals surface area contributed by atoms with Crippen molar-refractivity contribution >= 4 is 0 Å². The largest absolute Gasteiger partial charge is 0.310 e. The van der Waals surface area contributed by atoms with E-state index in [2.05, 4.69) is 74.6 Å². The van der Waals surface area contributed by atoms with Gasteiger partial charge in [-0.3, -0.25) is 0 Å². The lowest BCUT2D eigenvalue weighted by Crippen LogP contribution is -2.22. The monoisotopic (exact) mass is 281 g/mol. The molecule has 0 fully saturated rings. The van der Waals surface area contributed by atoms with Gasteiger partial charge in [-0.1, -0.05) is 66.6 Å². The molecule has 0 saturated heterocycles. The molecule has 2 aromatic carbocycles. The highest BCUT2D eigenvalue weighted by Crippen LogP contribution is 2.20. The van der Waals surface area contributed by atoms with Gasteiger partial charge in [0.2, 0.25) is 0 Å². The van der Waals surface area contributed by atoms with Gasteiger partial charge in [0.25, 0.3) is 0 Å². The normalized spacial score (nSPS) is 12.3. The molecule has 21 heavy (non-hydrogen) atoms. The number of hydrogen-bond acceptors (Lipinski definition) is 1. The molecule has 0 aliphatic heterocycles. The third-order valence-corrected chi connectivity index (χ3v) is 3.93. The number of rotatable bonds is 7. The summed E-state index contributed by atoms with van der Waals surface area (Å²) in [5, 5.41) is 3.69. The van der Waals surface area contributed by atoms with Gasteiger partial charge in [-0.05, 0) is 50.8 Å². The van der Waals surface area contributed by atoms with E-state index in [1.165, 1.54) is 28.7 Å². The molecule has 0 aromatic heterocycles. The minimum atomic E-state index is 0.450. The minimum absolute atomic E-state index is 0.450. The highest BCUT2D eigenvalue weighted by atomic mass is 14.9. The zero-order chi connectivity index (χ0) is 15.1. The molecule has 0 aliphatic carbocycles. The predicted octanol–water partition coefficient (Wildman–Crippen LogP) is 4.98. The van der Waals surface area contributed by atoms with Crippen LogP contribution in [0.3, 0.4) is 0 Å². The van der Waals surface area contributed by atoms with Crippen molar-refractivity contribution in [3.63, 3.8) is 0 Å². The predicted molar refractivity (Wildman–Crippen MR) is 91.7 cm³/mol. The lowest BCUT2D eigenvalue weighted by molar-refractivity contribution is 0.499. The summed E-state index contributed by atoms with van der Waals surface area (Å²) >= 11 is 0. The summed E-state index contributed by atoms with van der Waals surface area (Å²) in [6, 6.07) is 18.2. The fourth-order valence-electron chi connectivity index (χ4n) is 2.66. The number of benzene rings is 2. The molecule has 0 saturated carbocycles. The molecule has 0 amide bonds. The van der Waals surface area contributed by atoms with E-state index < -0.39 is 0 Å². The lowest BCUT2D eigenvalue weighted by Gasteiger charge is -2.19. The van der Waals surface area contributed by atoms with Crippen LogP contribution >= 0.6 is 0 Å². The summed E-state index contributed by atoms with van der Waals surface area (Å²) < 4.78 is 0. The van der Waals surface area contributed by atoms with Crippen molar-refractivity contribution < 1.29 is 0 Å². The van der Waals surface area contributed by atoms with Gasteiger partial charge >= 0.3 is 0 Å². The SMILES string of the molecule is CCCNC(CCc1ccc(C)cc1)c1cccc(C)c1. The first-order valence-corrected chi connectivity index (χ1v) is 8.04.